The van der Waals surface area contributed by atoms with E-state index in [2.05, 4.69) is 21.2 Å². The third-order valence-corrected chi connectivity index (χ3v) is 6.34. The van der Waals surface area contributed by atoms with Gasteiger partial charge in [0.1, 0.15) is 5.57 Å². The Kier molecular flexibility index (Phi) is 6.45. The molecule has 0 saturated carbocycles. The van der Waals surface area contributed by atoms with Crippen LogP contribution in [-0.2, 0) is 14.3 Å². The molecule has 2 heterocycles. The van der Waals surface area contributed by atoms with Gasteiger partial charge < -0.3 is 9.30 Å². The highest BCUT2D eigenvalue weighted by Gasteiger charge is 2.37. The van der Waals surface area contributed by atoms with Crippen LogP contribution in [-0.4, -0.2) is 35.5 Å². The molecule has 1 aliphatic rings. The van der Waals surface area contributed by atoms with Crippen molar-refractivity contribution in [3.8, 4) is 5.69 Å². The number of anilines is 1. The second-order valence-corrected chi connectivity index (χ2v) is 9.00. The fourth-order valence-corrected chi connectivity index (χ4v) is 4.36. The van der Waals surface area contributed by atoms with E-state index in [1.54, 1.807) is 36.4 Å². The van der Waals surface area contributed by atoms with E-state index in [0.717, 1.165) is 32.0 Å². The Balaban J connectivity index is 1.75. The molecule has 0 bridgehead atoms. The largest absolute Gasteiger partial charge is 0.465 e. The van der Waals surface area contributed by atoms with Crippen LogP contribution in [0.1, 0.15) is 32.9 Å². The van der Waals surface area contributed by atoms with Crippen molar-refractivity contribution < 1.29 is 23.9 Å². The summed E-state index contributed by atoms with van der Waals surface area (Å²) < 4.78 is 7.56. The number of amides is 4. The summed E-state index contributed by atoms with van der Waals surface area (Å²) in [7, 11) is 1.33. The molecular formula is C26H22BrN3O5. The molecule has 1 saturated heterocycles. The van der Waals surface area contributed by atoms with Gasteiger partial charge in [0, 0.05) is 21.5 Å². The van der Waals surface area contributed by atoms with E-state index in [1.165, 1.54) is 13.2 Å². The monoisotopic (exact) mass is 535 g/mol. The van der Waals surface area contributed by atoms with Gasteiger partial charge in [0.05, 0.1) is 18.4 Å². The van der Waals surface area contributed by atoms with Crippen LogP contribution in [0.5, 0.6) is 0 Å². The normalized spacial score (nSPS) is 14.9. The van der Waals surface area contributed by atoms with Gasteiger partial charge in [-0.25, -0.2) is 14.5 Å². The van der Waals surface area contributed by atoms with Crippen LogP contribution in [0, 0.1) is 20.8 Å². The van der Waals surface area contributed by atoms with Gasteiger partial charge in [-0.3, -0.25) is 14.9 Å². The third-order valence-electron chi connectivity index (χ3n) is 5.82. The Bertz CT molecular complexity index is 1420. The molecule has 4 amide bonds. The molecule has 35 heavy (non-hydrogen) atoms. The average Bonchev–Trinajstić information content (AvgIpc) is 3.09. The summed E-state index contributed by atoms with van der Waals surface area (Å²) in [4.78, 5) is 51.1. The minimum absolute atomic E-state index is 0.148. The van der Waals surface area contributed by atoms with E-state index in [0.29, 0.717) is 16.8 Å². The maximum absolute atomic E-state index is 13.2. The average molecular weight is 536 g/mol. The standard InChI is InChI=1S/C26H22BrN3O5/c1-14-11-17(25(33)35-4)5-10-22(14)29-15(2)12-18(16(29)3)13-21-23(31)28-26(34)30(24(21)32)20-8-6-19(27)7-9-20/h5-13H,1-4H3,(H,28,31,34)/b21-13+. The number of halogens is 1. The Morgan fingerprint density at radius 1 is 1.00 bits per heavy atom. The van der Waals surface area contributed by atoms with Gasteiger partial charge in [0.2, 0.25) is 0 Å². The van der Waals surface area contributed by atoms with Crippen LogP contribution < -0.4 is 10.2 Å². The number of esters is 1. The first-order valence-corrected chi connectivity index (χ1v) is 11.5. The zero-order chi connectivity index (χ0) is 25.4. The van der Waals surface area contributed by atoms with Crippen molar-refractivity contribution in [2.75, 3.05) is 12.0 Å². The van der Waals surface area contributed by atoms with Crippen LogP contribution in [0.15, 0.2) is 58.6 Å². The fourth-order valence-electron chi connectivity index (χ4n) is 4.09. The lowest BCUT2D eigenvalue weighted by atomic mass is 10.1. The van der Waals surface area contributed by atoms with Gasteiger partial charge in [-0.2, -0.15) is 0 Å². The van der Waals surface area contributed by atoms with Gasteiger partial charge in [-0.05, 0) is 86.5 Å². The number of carbonyl (C=O) groups excluding carboxylic acids is 4. The van der Waals surface area contributed by atoms with E-state index in [-0.39, 0.29) is 5.57 Å². The number of rotatable bonds is 4. The second kappa shape index (κ2) is 9.34. The third kappa shape index (κ3) is 4.42. The minimum atomic E-state index is -0.800. The molecule has 0 unspecified atom stereocenters. The van der Waals surface area contributed by atoms with E-state index in [4.69, 9.17) is 4.74 Å². The maximum Gasteiger partial charge on any atom is 0.337 e. The first-order valence-electron chi connectivity index (χ1n) is 10.7. The number of imide groups is 2. The summed E-state index contributed by atoms with van der Waals surface area (Å²) in [5.41, 5.74) is 4.66. The Morgan fingerprint density at radius 3 is 2.31 bits per heavy atom. The molecule has 1 aliphatic heterocycles. The van der Waals surface area contributed by atoms with Crippen LogP contribution in [0.2, 0.25) is 0 Å². The molecule has 0 radical (unpaired) electrons. The lowest BCUT2D eigenvalue weighted by Gasteiger charge is -2.26. The second-order valence-electron chi connectivity index (χ2n) is 8.09. The molecular weight excluding hydrogens is 514 g/mol. The molecule has 1 fully saturated rings. The number of barbiturate groups is 1. The van der Waals surface area contributed by atoms with Crippen molar-refractivity contribution in [2.45, 2.75) is 20.8 Å². The molecule has 1 N–H and O–H groups in total. The quantitative estimate of drug-likeness (QED) is 0.298. The highest BCUT2D eigenvalue weighted by atomic mass is 79.9. The summed E-state index contributed by atoms with van der Waals surface area (Å²) in [5.74, 6) is -1.88. The minimum Gasteiger partial charge on any atom is -0.465 e. The number of hydrogen-bond donors (Lipinski definition) is 1. The number of carbonyl (C=O) groups is 4. The smallest absolute Gasteiger partial charge is 0.337 e. The van der Waals surface area contributed by atoms with E-state index in [1.807, 2.05) is 37.5 Å². The SMILES string of the molecule is COC(=O)c1ccc(-n2c(C)cc(/C=C3\C(=O)NC(=O)N(c4ccc(Br)cc4)C3=O)c2C)c(C)c1. The number of benzene rings is 2. The summed E-state index contributed by atoms with van der Waals surface area (Å²) in [6, 6.07) is 13.0. The topological polar surface area (TPSA) is 97.7 Å². The van der Waals surface area contributed by atoms with Crippen LogP contribution in [0.4, 0.5) is 10.5 Å². The summed E-state index contributed by atoms with van der Waals surface area (Å²) >= 11 is 3.33. The molecule has 0 aliphatic carbocycles. The molecule has 2 aromatic carbocycles. The molecule has 9 heteroatoms. The first-order chi connectivity index (χ1) is 16.6. The van der Waals surface area contributed by atoms with Crippen LogP contribution in [0.25, 0.3) is 11.8 Å². The van der Waals surface area contributed by atoms with E-state index in [9.17, 15) is 19.2 Å². The highest BCUT2D eigenvalue weighted by Crippen LogP contribution is 2.28. The molecule has 8 nitrogen and oxygen atoms in total. The van der Waals surface area contributed by atoms with Gasteiger partial charge in [-0.1, -0.05) is 15.9 Å². The van der Waals surface area contributed by atoms with E-state index < -0.39 is 23.8 Å². The number of methoxy groups -OCH3 is 1. The molecule has 1 aromatic heterocycles. The van der Waals surface area contributed by atoms with Crippen molar-refractivity contribution in [3.05, 3.63) is 86.7 Å². The van der Waals surface area contributed by atoms with Crippen LogP contribution >= 0.6 is 15.9 Å². The van der Waals surface area contributed by atoms with Crippen molar-refractivity contribution in [1.29, 1.82) is 0 Å². The predicted molar refractivity (Wildman–Crippen MR) is 134 cm³/mol. The highest BCUT2D eigenvalue weighted by molar-refractivity contribution is 9.10. The Hall–Kier alpha value is -3.98. The summed E-state index contributed by atoms with van der Waals surface area (Å²) in [6.07, 6.45) is 1.49. The molecule has 0 atom stereocenters. The summed E-state index contributed by atoms with van der Waals surface area (Å²) in [5, 5.41) is 2.24. The number of ether oxygens (including phenoxy) is 1. The number of nitrogens with zero attached hydrogens (tertiary/aromatic N) is 2. The number of aryl methyl sites for hydroxylation is 2. The number of aromatic nitrogens is 1. The zero-order valence-electron chi connectivity index (χ0n) is 19.5. The number of hydrogen-bond acceptors (Lipinski definition) is 5. The molecule has 178 valence electrons. The lowest BCUT2D eigenvalue weighted by molar-refractivity contribution is -0.122. The molecule has 4 rings (SSSR count). The molecule has 3 aromatic rings. The van der Waals surface area contributed by atoms with Gasteiger partial charge in [0.25, 0.3) is 11.8 Å². The van der Waals surface area contributed by atoms with E-state index >= 15 is 0 Å². The Labute approximate surface area is 210 Å². The number of nitrogens with one attached hydrogen (secondary N) is 1. The van der Waals surface area contributed by atoms with Crippen molar-refractivity contribution in [2.24, 2.45) is 0 Å². The fraction of sp³-hybridized carbons (Fsp3) is 0.154. The van der Waals surface area contributed by atoms with Gasteiger partial charge in [0.15, 0.2) is 0 Å². The predicted octanol–water partition coefficient (Wildman–Crippen LogP) is 4.62. The maximum atomic E-state index is 13.2. The van der Waals surface area contributed by atoms with Crippen molar-refractivity contribution in [3.63, 3.8) is 0 Å². The Morgan fingerprint density at radius 2 is 1.69 bits per heavy atom. The van der Waals surface area contributed by atoms with Crippen LogP contribution in [0.3, 0.4) is 0 Å². The first kappa shape index (κ1) is 24.2. The van der Waals surface area contributed by atoms with Crippen molar-refractivity contribution in [1.82, 2.24) is 9.88 Å². The van der Waals surface area contributed by atoms with Gasteiger partial charge in [-0.15, -0.1) is 0 Å². The number of urea groups is 1. The zero-order valence-corrected chi connectivity index (χ0v) is 21.1. The summed E-state index contributed by atoms with van der Waals surface area (Å²) in [6.45, 7) is 5.66. The lowest BCUT2D eigenvalue weighted by Crippen LogP contribution is -2.54. The molecule has 0 spiro atoms. The van der Waals surface area contributed by atoms with Gasteiger partial charge >= 0.3 is 12.0 Å². The van der Waals surface area contributed by atoms with Crippen molar-refractivity contribution >= 4 is 51.5 Å².